The van der Waals surface area contributed by atoms with Crippen molar-refractivity contribution in [1.29, 1.82) is 0 Å². The Hall–Kier alpha value is -4.89. The largest absolute Gasteiger partial charge is 0.494 e. The Morgan fingerprint density at radius 2 is 1.73 bits per heavy atom. The van der Waals surface area contributed by atoms with Crippen LogP contribution in [0.2, 0.25) is 0 Å². The van der Waals surface area contributed by atoms with Gasteiger partial charge in [0.2, 0.25) is 4.96 Å². The first-order valence-electron chi connectivity index (χ1n) is 13.3. The second-order valence-electron chi connectivity index (χ2n) is 9.40. The molecule has 0 aliphatic rings. The van der Waals surface area contributed by atoms with E-state index in [0.29, 0.717) is 21.9 Å². The Kier molecular flexibility index (Phi) is 7.51. The average molecular weight is 564 g/mol. The summed E-state index contributed by atoms with van der Waals surface area (Å²) < 4.78 is 22.6. The van der Waals surface area contributed by atoms with Crippen LogP contribution in [0.15, 0.2) is 89.9 Å². The Morgan fingerprint density at radius 3 is 2.46 bits per heavy atom. The van der Waals surface area contributed by atoms with Crippen LogP contribution in [0.1, 0.15) is 36.7 Å². The number of rotatable bonds is 9. The summed E-state index contributed by atoms with van der Waals surface area (Å²) in [6.07, 6.45) is 9.32. The third-order valence-electron chi connectivity index (χ3n) is 6.44. The number of ether oxygens (including phenoxy) is 1. The van der Waals surface area contributed by atoms with Gasteiger partial charge in [-0.2, -0.15) is 14.6 Å². The molecule has 0 N–H and O–H groups in total. The number of nitrogens with zero attached hydrogens (tertiary/aromatic N) is 5. The second-order valence-corrected chi connectivity index (χ2v) is 10.4. The number of fused-ring (bicyclic) bond motifs is 1. The summed E-state index contributed by atoms with van der Waals surface area (Å²) in [6, 6.07) is 23.8. The minimum absolute atomic E-state index is 0.253. The van der Waals surface area contributed by atoms with E-state index in [4.69, 9.17) is 9.84 Å². The van der Waals surface area contributed by atoms with Gasteiger partial charge in [0.1, 0.15) is 17.3 Å². The molecule has 0 bridgehead atoms. The molecule has 0 spiro atoms. The monoisotopic (exact) mass is 563 g/mol. The van der Waals surface area contributed by atoms with Gasteiger partial charge in [-0.05, 0) is 72.7 Å². The molecule has 6 rings (SSSR count). The number of halogens is 1. The Labute approximate surface area is 239 Å². The molecule has 7 nitrogen and oxygen atoms in total. The fourth-order valence-corrected chi connectivity index (χ4v) is 5.18. The summed E-state index contributed by atoms with van der Waals surface area (Å²) in [7, 11) is 0. The van der Waals surface area contributed by atoms with Crippen molar-refractivity contribution in [2.24, 2.45) is 0 Å². The molecule has 0 unspecified atom stereocenters. The Morgan fingerprint density at radius 1 is 0.951 bits per heavy atom. The van der Waals surface area contributed by atoms with Crippen LogP contribution < -0.4 is 14.8 Å². The lowest BCUT2D eigenvalue weighted by molar-refractivity contribution is 0.309. The number of aromatic nitrogens is 5. The third kappa shape index (κ3) is 5.85. The fourth-order valence-electron chi connectivity index (χ4n) is 4.28. The highest BCUT2D eigenvalue weighted by Gasteiger charge is 2.14. The number of benzene rings is 3. The maximum Gasteiger partial charge on any atom is 0.291 e. The summed E-state index contributed by atoms with van der Waals surface area (Å²) in [5, 5.41) is 9.24. The molecular formula is C32H26FN5O2S. The quantitative estimate of drug-likeness (QED) is 0.201. The van der Waals surface area contributed by atoms with Gasteiger partial charge < -0.3 is 4.74 Å². The van der Waals surface area contributed by atoms with E-state index in [0.717, 1.165) is 46.7 Å². The SMILES string of the molecule is CCCCOc1ccc(-c2nn(-c3ccccc3)cc2/C=c2\sc3nc(/C=C/c4ccc(F)cc4)nn3c2=O)cc1. The molecule has 3 aromatic heterocycles. The van der Waals surface area contributed by atoms with Crippen LogP contribution >= 0.6 is 11.3 Å². The second kappa shape index (κ2) is 11.7. The van der Waals surface area contributed by atoms with Crippen molar-refractivity contribution in [1.82, 2.24) is 24.4 Å². The predicted molar refractivity (Wildman–Crippen MR) is 161 cm³/mol. The molecule has 6 aromatic rings. The number of hydrogen-bond donors (Lipinski definition) is 0. The van der Waals surface area contributed by atoms with Crippen LogP contribution in [-0.4, -0.2) is 31.0 Å². The van der Waals surface area contributed by atoms with E-state index in [-0.39, 0.29) is 11.4 Å². The molecule has 0 fully saturated rings. The van der Waals surface area contributed by atoms with E-state index in [1.165, 1.54) is 28.0 Å². The minimum Gasteiger partial charge on any atom is -0.494 e. The fraction of sp³-hybridized carbons (Fsp3) is 0.125. The zero-order valence-corrected chi connectivity index (χ0v) is 23.1. The number of thiazole rings is 1. The van der Waals surface area contributed by atoms with Crippen LogP contribution in [-0.2, 0) is 0 Å². The van der Waals surface area contributed by atoms with Crippen LogP contribution in [0.25, 0.3) is 40.1 Å². The van der Waals surface area contributed by atoms with Crippen molar-refractivity contribution in [3.05, 3.63) is 123 Å². The van der Waals surface area contributed by atoms with Crippen LogP contribution in [0.5, 0.6) is 5.75 Å². The maximum atomic E-state index is 13.3. The highest BCUT2D eigenvalue weighted by atomic mass is 32.1. The first-order valence-corrected chi connectivity index (χ1v) is 14.1. The lowest BCUT2D eigenvalue weighted by Gasteiger charge is -2.06. The first kappa shape index (κ1) is 26.3. The van der Waals surface area contributed by atoms with Gasteiger partial charge in [-0.3, -0.25) is 4.79 Å². The van der Waals surface area contributed by atoms with Crippen molar-refractivity contribution in [2.45, 2.75) is 19.8 Å². The molecule has 3 aromatic carbocycles. The Bertz CT molecular complexity index is 1920. The zero-order valence-electron chi connectivity index (χ0n) is 22.3. The third-order valence-corrected chi connectivity index (χ3v) is 7.40. The van der Waals surface area contributed by atoms with Gasteiger partial charge in [-0.15, -0.1) is 5.10 Å². The predicted octanol–water partition coefficient (Wildman–Crippen LogP) is 6.04. The maximum absolute atomic E-state index is 13.3. The molecule has 0 atom stereocenters. The highest BCUT2D eigenvalue weighted by Crippen LogP contribution is 2.26. The van der Waals surface area contributed by atoms with E-state index in [2.05, 4.69) is 17.0 Å². The number of hydrogen-bond acceptors (Lipinski definition) is 6. The number of unbranched alkanes of at least 4 members (excludes halogenated alkanes) is 1. The topological polar surface area (TPSA) is 74.3 Å². The lowest BCUT2D eigenvalue weighted by atomic mass is 10.1. The van der Waals surface area contributed by atoms with E-state index in [1.54, 1.807) is 24.3 Å². The van der Waals surface area contributed by atoms with E-state index in [9.17, 15) is 9.18 Å². The van der Waals surface area contributed by atoms with Crippen LogP contribution in [0.4, 0.5) is 4.39 Å². The smallest absolute Gasteiger partial charge is 0.291 e. The van der Waals surface area contributed by atoms with Gasteiger partial charge in [-0.25, -0.2) is 9.07 Å². The van der Waals surface area contributed by atoms with E-state index in [1.807, 2.05) is 71.6 Å². The summed E-state index contributed by atoms with van der Waals surface area (Å²) in [5.74, 6) is 0.920. The van der Waals surface area contributed by atoms with Gasteiger partial charge in [0.05, 0.1) is 16.8 Å². The van der Waals surface area contributed by atoms with Gasteiger partial charge in [0.15, 0.2) is 5.82 Å². The van der Waals surface area contributed by atoms with Gasteiger partial charge in [0, 0.05) is 17.3 Å². The standard InChI is InChI=1S/C32H26FN5O2S/c1-2-3-19-40-27-16-12-23(13-17-27)30-24(21-37(36-30)26-7-5-4-6-8-26)20-28-31(39)38-32(41-28)34-29(35-38)18-11-22-9-14-25(33)15-10-22/h4-18,20-21H,2-3,19H2,1H3/b18-11+,28-20-. The molecular weight excluding hydrogens is 537 g/mol. The summed E-state index contributed by atoms with van der Waals surface area (Å²) in [6.45, 7) is 2.82. The average Bonchev–Trinajstić information content (AvgIpc) is 3.68. The molecule has 3 heterocycles. The first-order chi connectivity index (χ1) is 20.1. The number of para-hydroxylation sites is 1. The van der Waals surface area contributed by atoms with Crippen molar-refractivity contribution in [2.75, 3.05) is 6.61 Å². The van der Waals surface area contributed by atoms with Crippen LogP contribution in [0, 0.1) is 5.82 Å². The molecule has 0 amide bonds. The summed E-state index contributed by atoms with van der Waals surface area (Å²) >= 11 is 1.27. The highest BCUT2D eigenvalue weighted by molar-refractivity contribution is 7.15. The van der Waals surface area contributed by atoms with Crippen molar-refractivity contribution in [3.63, 3.8) is 0 Å². The normalized spacial score (nSPS) is 12.1. The minimum atomic E-state index is -0.298. The zero-order chi connectivity index (χ0) is 28.2. The van der Waals surface area contributed by atoms with E-state index >= 15 is 0 Å². The molecule has 0 aliphatic heterocycles. The van der Waals surface area contributed by atoms with Crippen molar-refractivity contribution < 1.29 is 9.13 Å². The van der Waals surface area contributed by atoms with Crippen molar-refractivity contribution in [3.8, 4) is 22.7 Å². The molecule has 0 saturated heterocycles. The van der Waals surface area contributed by atoms with E-state index < -0.39 is 0 Å². The molecule has 0 saturated carbocycles. The molecule has 204 valence electrons. The Balaban J connectivity index is 1.35. The van der Waals surface area contributed by atoms with Gasteiger partial charge >= 0.3 is 0 Å². The molecule has 0 radical (unpaired) electrons. The van der Waals surface area contributed by atoms with Gasteiger partial charge in [-0.1, -0.05) is 61.1 Å². The molecule has 41 heavy (non-hydrogen) atoms. The molecule has 9 heteroatoms. The summed E-state index contributed by atoms with van der Waals surface area (Å²) in [5.41, 5.74) is 3.92. The van der Waals surface area contributed by atoms with Crippen LogP contribution in [0.3, 0.4) is 0 Å². The summed E-state index contributed by atoms with van der Waals surface area (Å²) in [4.78, 5) is 18.3. The lowest BCUT2D eigenvalue weighted by Crippen LogP contribution is -2.23. The molecule has 0 aliphatic carbocycles. The van der Waals surface area contributed by atoms with Crippen molar-refractivity contribution >= 4 is 34.5 Å². The van der Waals surface area contributed by atoms with Gasteiger partial charge in [0.25, 0.3) is 5.56 Å².